The molecule has 1 unspecified atom stereocenters. The predicted octanol–water partition coefficient (Wildman–Crippen LogP) is 0.158. The van der Waals surface area contributed by atoms with Gasteiger partial charge in [0.15, 0.2) is 0 Å². The third kappa shape index (κ3) is 2.69. The van der Waals surface area contributed by atoms with Crippen LogP contribution in [0.4, 0.5) is 4.79 Å². The van der Waals surface area contributed by atoms with Gasteiger partial charge in [0.05, 0.1) is 6.10 Å². The molecular weight excluding hydrogens is 224 g/mol. The number of carbonyl (C=O) groups excluding carboxylic acids is 1. The molecule has 1 saturated heterocycles. The van der Waals surface area contributed by atoms with Gasteiger partial charge in [0.1, 0.15) is 6.04 Å². The van der Waals surface area contributed by atoms with Crippen molar-refractivity contribution in [3.63, 3.8) is 0 Å². The quantitative estimate of drug-likeness (QED) is 0.643. The minimum atomic E-state index is -1.05. The Morgan fingerprint density at radius 2 is 1.88 bits per heavy atom. The number of likely N-dealkylation sites (tertiary alicyclic amines) is 1. The van der Waals surface area contributed by atoms with Crippen molar-refractivity contribution in [3.05, 3.63) is 0 Å². The number of nitrogens with zero attached hydrogens (tertiary/aromatic N) is 1. The van der Waals surface area contributed by atoms with E-state index in [4.69, 9.17) is 5.11 Å². The Morgan fingerprint density at radius 1 is 1.24 bits per heavy atom. The van der Waals surface area contributed by atoms with Gasteiger partial charge >= 0.3 is 12.0 Å². The normalized spacial score (nSPS) is 29.6. The van der Waals surface area contributed by atoms with Gasteiger partial charge in [-0.2, -0.15) is 0 Å². The molecular formula is C11H18N2O4. The first-order valence-corrected chi connectivity index (χ1v) is 6.06. The number of β-amino-alcohol motifs (C(OH)–C–C–N with tert-alkyl or cyclic N) is 1. The number of aliphatic hydroxyl groups excluding tert-OH is 1. The summed E-state index contributed by atoms with van der Waals surface area (Å²) in [5, 5.41) is 21.3. The van der Waals surface area contributed by atoms with Crippen LogP contribution in [0.2, 0.25) is 0 Å². The topological polar surface area (TPSA) is 89.9 Å². The van der Waals surface area contributed by atoms with Gasteiger partial charge in [0, 0.05) is 19.0 Å². The Morgan fingerprint density at radius 3 is 2.47 bits per heavy atom. The van der Waals surface area contributed by atoms with E-state index in [-0.39, 0.29) is 25.0 Å². The standard InChI is InChI=1S/C11H18N2O4/c14-8-5-9(10(15)16)13(6-8)11(17)12-7-3-1-2-4-7/h7-9,14H,1-6H2,(H,12,17)(H,15,16)/t8?,9-/m0/s1. The summed E-state index contributed by atoms with van der Waals surface area (Å²) in [5.74, 6) is -1.05. The molecule has 96 valence electrons. The molecule has 6 nitrogen and oxygen atoms in total. The summed E-state index contributed by atoms with van der Waals surface area (Å²) in [6, 6.07) is -1.10. The van der Waals surface area contributed by atoms with E-state index in [1.54, 1.807) is 0 Å². The highest BCUT2D eigenvalue weighted by atomic mass is 16.4. The molecule has 0 spiro atoms. The van der Waals surface area contributed by atoms with Gasteiger partial charge < -0.3 is 20.4 Å². The zero-order valence-electron chi connectivity index (χ0n) is 9.63. The zero-order chi connectivity index (χ0) is 12.4. The molecule has 0 aromatic rings. The zero-order valence-corrected chi connectivity index (χ0v) is 9.63. The lowest BCUT2D eigenvalue weighted by Gasteiger charge is -2.23. The summed E-state index contributed by atoms with van der Waals surface area (Å²) in [5.41, 5.74) is 0. The fraction of sp³-hybridized carbons (Fsp3) is 0.818. The molecule has 0 bridgehead atoms. The van der Waals surface area contributed by atoms with Crippen molar-refractivity contribution in [2.75, 3.05) is 6.54 Å². The van der Waals surface area contributed by atoms with Gasteiger partial charge in [-0.1, -0.05) is 12.8 Å². The predicted molar refractivity (Wildman–Crippen MR) is 59.5 cm³/mol. The van der Waals surface area contributed by atoms with Crippen molar-refractivity contribution in [2.45, 2.75) is 50.3 Å². The average molecular weight is 242 g/mol. The largest absolute Gasteiger partial charge is 0.480 e. The number of hydrogen-bond acceptors (Lipinski definition) is 3. The minimum Gasteiger partial charge on any atom is -0.480 e. The Labute approximate surface area is 99.6 Å². The van der Waals surface area contributed by atoms with Crippen molar-refractivity contribution in [1.82, 2.24) is 10.2 Å². The van der Waals surface area contributed by atoms with Crippen LogP contribution in [0.1, 0.15) is 32.1 Å². The Kier molecular flexibility index (Phi) is 3.51. The number of carboxylic acids is 1. The molecule has 1 aliphatic heterocycles. The maximum absolute atomic E-state index is 11.9. The molecule has 1 heterocycles. The summed E-state index contributed by atoms with van der Waals surface area (Å²) in [6.07, 6.45) is 3.52. The van der Waals surface area contributed by atoms with E-state index in [0.717, 1.165) is 25.7 Å². The first kappa shape index (κ1) is 12.2. The van der Waals surface area contributed by atoms with Gasteiger partial charge in [-0.15, -0.1) is 0 Å². The van der Waals surface area contributed by atoms with Gasteiger partial charge in [-0.3, -0.25) is 0 Å². The number of carboxylic acid groups (broad SMARTS) is 1. The lowest BCUT2D eigenvalue weighted by molar-refractivity contribution is -0.141. The van der Waals surface area contributed by atoms with Crippen molar-refractivity contribution in [2.24, 2.45) is 0 Å². The van der Waals surface area contributed by atoms with Gasteiger partial charge in [0.25, 0.3) is 0 Å². The molecule has 2 rings (SSSR count). The lowest BCUT2D eigenvalue weighted by atomic mass is 10.2. The van der Waals surface area contributed by atoms with Gasteiger partial charge in [0.2, 0.25) is 0 Å². The van der Waals surface area contributed by atoms with Crippen LogP contribution in [0.5, 0.6) is 0 Å². The molecule has 3 N–H and O–H groups in total. The number of nitrogens with one attached hydrogen (secondary N) is 1. The molecule has 1 saturated carbocycles. The molecule has 0 aromatic heterocycles. The summed E-state index contributed by atoms with van der Waals surface area (Å²) in [4.78, 5) is 24.1. The van der Waals surface area contributed by atoms with E-state index in [9.17, 15) is 14.7 Å². The van der Waals surface area contributed by atoms with Crippen LogP contribution in [0, 0.1) is 0 Å². The summed E-state index contributed by atoms with van der Waals surface area (Å²) in [6.45, 7) is 0.107. The number of hydrogen-bond donors (Lipinski definition) is 3. The minimum absolute atomic E-state index is 0.107. The molecule has 0 radical (unpaired) electrons. The number of rotatable bonds is 2. The average Bonchev–Trinajstić information content (AvgIpc) is 2.86. The Bertz CT molecular complexity index is 315. The number of aliphatic hydroxyl groups is 1. The third-order valence-electron chi connectivity index (χ3n) is 3.51. The van der Waals surface area contributed by atoms with Crippen LogP contribution < -0.4 is 5.32 Å². The number of urea groups is 1. The van der Waals surface area contributed by atoms with E-state index in [0.29, 0.717) is 0 Å². The highest BCUT2D eigenvalue weighted by Crippen LogP contribution is 2.21. The fourth-order valence-electron chi connectivity index (χ4n) is 2.60. The number of amides is 2. The molecule has 0 aromatic carbocycles. The monoisotopic (exact) mass is 242 g/mol. The highest BCUT2D eigenvalue weighted by Gasteiger charge is 2.39. The maximum atomic E-state index is 11.9. The van der Waals surface area contributed by atoms with E-state index < -0.39 is 18.1 Å². The van der Waals surface area contributed by atoms with Gasteiger partial charge in [-0.25, -0.2) is 9.59 Å². The van der Waals surface area contributed by atoms with E-state index in [1.807, 2.05) is 0 Å². The van der Waals surface area contributed by atoms with Crippen molar-refractivity contribution >= 4 is 12.0 Å². The molecule has 2 amide bonds. The summed E-state index contributed by atoms with van der Waals surface area (Å²) < 4.78 is 0. The second-order valence-corrected chi connectivity index (χ2v) is 4.83. The molecule has 2 aliphatic rings. The van der Waals surface area contributed by atoms with Crippen LogP contribution in [0.3, 0.4) is 0 Å². The SMILES string of the molecule is O=C(O)[C@@H]1CC(O)CN1C(=O)NC1CCCC1. The Balaban J connectivity index is 1.94. The second-order valence-electron chi connectivity index (χ2n) is 4.83. The van der Waals surface area contributed by atoms with Crippen LogP contribution in [-0.4, -0.2) is 51.8 Å². The maximum Gasteiger partial charge on any atom is 0.326 e. The van der Waals surface area contributed by atoms with Crippen molar-refractivity contribution in [1.29, 1.82) is 0 Å². The molecule has 2 atom stereocenters. The van der Waals surface area contributed by atoms with E-state index in [2.05, 4.69) is 5.32 Å². The first-order valence-electron chi connectivity index (χ1n) is 6.06. The smallest absolute Gasteiger partial charge is 0.326 e. The second kappa shape index (κ2) is 4.91. The van der Waals surface area contributed by atoms with Crippen LogP contribution in [0.25, 0.3) is 0 Å². The van der Waals surface area contributed by atoms with Crippen LogP contribution >= 0.6 is 0 Å². The molecule has 17 heavy (non-hydrogen) atoms. The Hall–Kier alpha value is -1.30. The first-order chi connectivity index (χ1) is 8.08. The van der Waals surface area contributed by atoms with E-state index >= 15 is 0 Å². The van der Waals surface area contributed by atoms with Crippen molar-refractivity contribution < 1.29 is 19.8 Å². The summed E-state index contributed by atoms with van der Waals surface area (Å²) >= 11 is 0. The molecule has 1 aliphatic carbocycles. The number of carbonyl (C=O) groups is 2. The van der Waals surface area contributed by atoms with E-state index in [1.165, 1.54) is 4.90 Å². The third-order valence-corrected chi connectivity index (χ3v) is 3.51. The van der Waals surface area contributed by atoms with Crippen LogP contribution in [0.15, 0.2) is 0 Å². The molecule has 2 fully saturated rings. The summed E-state index contributed by atoms with van der Waals surface area (Å²) in [7, 11) is 0. The fourth-order valence-corrected chi connectivity index (χ4v) is 2.60. The van der Waals surface area contributed by atoms with Crippen molar-refractivity contribution in [3.8, 4) is 0 Å². The van der Waals surface area contributed by atoms with Crippen LogP contribution in [-0.2, 0) is 4.79 Å². The lowest BCUT2D eigenvalue weighted by Crippen LogP contribution is -2.48. The van der Waals surface area contributed by atoms with Gasteiger partial charge in [-0.05, 0) is 12.8 Å². The number of aliphatic carboxylic acids is 1. The molecule has 6 heteroatoms. The highest BCUT2D eigenvalue weighted by molar-refractivity contribution is 5.83.